The molecule has 9 nitrogen and oxygen atoms in total. The van der Waals surface area contributed by atoms with Crippen LogP contribution in [-0.2, 0) is 14.3 Å². The number of benzene rings is 2. The molecular weight excluding hydrogens is 496 g/mol. The molecule has 0 saturated carbocycles. The first-order valence-electron chi connectivity index (χ1n) is 13.7. The van der Waals surface area contributed by atoms with Gasteiger partial charge >= 0.3 is 12.2 Å². The minimum atomic E-state index is -0.623. The molecule has 3 N–H and O–H groups in total. The Morgan fingerprint density at radius 3 is 2.08 bits per heavy atom. The Labute approximate surface area is 230 Å². The van der Waals surface area contributed by atoms with Gasteiger partial charge in [0.25, 0.3) is 0 Å². The lowest BCUT2D eigenvalue weighted by Crippen LogP contribution is -2.52. The molecule has 1 saturated heterocycles. The van der Waals surface area contributed by atoms with Gasteiger partial charge in [0.05, 0.1) is 0 Å². The maximum atomic E-state index is 13.0. The van der Waals surface area contributed by atoms with Crippen molar-refractivity contribution in [2.24, 2.45) is 5.73 Å². The molecule has 2 aliphatic rings. The average Bonchev–Trinajstić information content (AvgIpc) is 3.23. The zero-order valence-corrected chi connectivity index (χ0v) is 23.2. The fraction of sp³-hybridized carbons (Fsp3) is 0.500. The summed E-state index contributed by atoms with van der Waals surface area (Å²) in [7, 11) is 0. The SMILES string of the molecule is CC(C)(C)OC(=O)N[C@@H](CCCN)CC(=O)N1CCN(C(=O)OCC2c3ccccc3-c3ccccc32)CC1. The molecule has 0 spiro atoms. The van der Waals surface area contributed by atoms with Crippen LogP contribution in [0.2, 0.25) is 0 Å². The van der Waals surface area contributed by atoms with Crippen molar-refractivity contribution in [3.8, 4) is 11.1 Å². The zero-order chi connectivity index (χ0) is 28.0. The molecule has 0 radical (unpaired) electrons. The Bertz CT molecular complexity index is 1120. The molecule has 0 bridgehead atoms. The quantitative estimate of drug-likeness (QED) is 0.525. The van der Waals surface area contributed by atoms with Crippen LogP contribution >= 0.6 is 0 Å². The average molecular weight is 537 g/mol. The van der Waals surface area contributed by atoms with Crippen molar-refractivity contribution < 1.29 is 23.9 Å². The number of nitrogens with one attached hydrogen (secondary N) is 1. The van der Waals surface area contributed by atoms with Crippen molar-refractivity contribution in [2.75, 3.05) is 39.3 Å². The van der Waals surface area contributed by atoms with Crippen molar-refractivity contribution in [3.05, 3.63) is 59.7 Å². The van der Waals surface area contributed by atoms with Gasteiger partial charge in [-0.3, -0.25) is 4.79 Å². The maximum absolute atomic E-state index is 13.0. The number of piperazine rings is 1. The van der Waals surface area contributed by atoms with Crippen molar-refractivity contribution in [2.45, 2.75) is 57.6 Å². The topological polar surface area (TPSA) is 114 Å². The predicted octanol–water partition coefficient (Wildman–Crippen LogP) is 4.10. The molecule has 39 heavy (non-hydrogen) atoms. The number of nitrogens with two attached hydrogens (primary N) is 1. The van der Waals surface area contributed by atoms with Crippen LogP contribution in [0.3, 0.4) is 0 Å². The second-order valence-corrected chi connectivity index (χ2v) is 11.2. The number of amides is 3. The highest BCUT2D eigenvalue weighted by Gasteiger charge is 2.31. The fourth-order valence-electron chi connectivity index (χ4n) is 5.23. The number of carbonyl (C=O) groups is 3. The second kappa shape index (κ2) is 12.5. The van der Waals surface area contributed by atoms with Gasteiger partial charge in [0.1, 0.15) is 12.2 Å². The van der Waals surface area contributed by atoms with Crippen LogP contribution in [0, 0.1) is 0 Å². The highest BCUT2D eigenvalue weighted by molar-refractivity contribution is 5.80. The third-order valence-electron chi connectivity index (χ3n) is 7.13. The van der Waals surface area contributed by atoms with E-state index in [0.29, 0.717) is 45.6 Å². The summed E-state index contributed by atoms with van der Waals surface area (Å²) in [5.74, 6) is -0.0626. The van der Waals surface area contributed by atoms with Crippen LogP contribution in [0.15, 0.2) is 48.5 Å². The number of hydrogen-bond acceptors (Lipinski definition) is 6. The summed E-state index contributed by atoms with van der Waals surface area (Å²) in [6.07, 6.45) is 0.517. The number of ether oxygens (including phenoxy) is 2. The Kier molecular flexibility index (Phi) is 9.12. The Balaban J connectivity index is 1.27. The molecular formula is C30H40N4O5. The molecule has 9 heteroatoms. The molecule has 3 amide bonds. The van der Waals surface area contributed by atoms with Crippen LogP contribution in [-0.4, -0.2) is 78.9 Å². The van der Waals surface area contributed by atoms with E-state index in [1.807, 2.05) is 24.3 Å². The monoisotopic (exact) mass is 536 g/mol. The summed E-state index contributed by atoms with van der Waals surface area (Å²) in [6, 6.07) is 16.1. The van der Waals surface area contributed by atoms with Crippen molar-refractivity contribution in [1.82, 2.24) is 15.1 Å². The van der Waals surface area contributed by atoms with Crippen LogP contribution < -0.4 is 11.1 Å². The van der Waals surface area contributed by atoms with E-state index in [4.69, 9.17) is 15.2 Å². The third-order valence-corrected chi connectivity index (χ3v) is 7.13. The Morgan fingerprint density at radius 2 is 1.51 bits per heavy atom. The van der Waals surface area contributed by atoms with E-state index in [2.05, 4.69) is 29.6 Å². The van der Waals surface area contributed by atoms with E-state index < -0.39 is 11.7 Å². The second-order valence-electron chi connectivity index (χ2n) is 11.2. The van der Waals surface area contributed by atoms with Gasteiger partial charge in [-0.15, -0.1) is 0 Å². The number of hydrogen-bond donors (Lipinski definition) is 2. The Morgan fingerprint density at radius 1 is 0.949 bits per heavy atom. The van der Waals surface area contributed by atoms with Crippen LogP contribution in [0.5, 0.6) is 0 Å². The molecule has 0 unspecified atom stereocenters. The largest absolute Gasteiger partial charge is 0.448 e. The lowest BCUT2D eigenvalue weighted by atomic mass is 9.98. The zero-order valence-electron chi connectivity index (χ0n) is 23.2. The van der Waals surface area contributed by atoms with E-state index in [1.165, 1.54) is 22.3 Å². The molecule has 1 aliphatic carbocycles. The smallest absolute Gasteiger partial charge is 0.409 e. The lowest BCUT2D eigenvalue weighted by Gasteiger charge is -2.35. The summed E-state index contributed by atoms with van der Waals surface area (Å²) in [5, 5.41) is 2.81. The standard InChI is InChI=1S/C30H40N4O5/c1-30(2,3)39-28(36)32-21(9-8-14-31)19-27(35)33-15-17-34(18-16-33)29(37)38-20-26-24-12-6-4-10-22(24)23-11-5-7-13-25(23)26/h4-7,10-13,21,26H,8-9,14-20,31H2,1-3H3,(H,32,36)/t21-/m0/s1. The molecule has 1 heterocycles. The number of rotatable bonds is 8. The summed E-state index contributed by atoms with van der Waals surface area (Å²) in [4.78, 5) is 41.6. The van der Waals surface area contributed by atoms with Crippen molar-refractivity contribution >= 4 is 18.1 Å². The van der Waals surface area contributed by atoms with E-state index in [1.54, 1.807) is 30.6 Å². The first-order chi connectivity index (χ1) is 18.7. The minimum absolute atomic E-state index is 0.00662. The molecule has 2 aromatic rings. The van der Waals surface area contributed by atoms with Crippen LogP contribution in [0.4, 0.5) is 9.59 Å². The van der Waals surface area contributed by atoms with E-state index in [9.17, 15) is 14.4 Å². The van der Waals surface area contributed by atoms with Crippen LogP contribution in [0.1, 0.15) is 57.1 Å². The van der Waals surface area contributed by atoms with Gasteiger partial charge in [-0.25, -0.2) is 9.59 Å². The number of carbonyl (C=O) groups excluding carboxylic acids is 3. The molecule has 1 atom stereocenters. The van der Waals surface area contributed by atoms with Gasteiger partial charge in [-0.1, -0.05) is 48.5 Å². The van der Waals surface area contributed by atoms with E-state index in [0.717, 1.165) is 0 Å². The molecule has 4 rings (SSSR count). The normalized spacial score (nSPS) is 15.8. The summed E-state index contributed by atoms with van der Waals surface area (Å²) < 4.78 is 11.1. The predicted molar refractivity (Wildman–Crippen MR) is 149 cm³/mol. The lowest BCUT2D eigenvalue weighted by molar-refractivity contribution is -0.133. The molecule has 0 aromatic heterocycles. The third kappa shape index (κ3) is 7.29. The van der Waals surface area contributed by atoms with Crippen molar-refractivity contribution in [1.29, 1.82) is 0 Å². The van der Waals surface area contributed by atoms with Gasteiger partial charge in [-0.05, 0) is 62.4 Å². The highest BCUT2D eigenvalue weighted by atomic mass is 16.6. The number of alkyl carbamates (subject to hydrolysis) is 1. The Hall–Kier alpha value is -3.59. The molecule has 1 aliphatic heterocycles. The van der Waals surface area contributed by atoms with Gasteiger partial charge < -0.3 is 30.3 Å². The van der Waals surface area contributed by atoms with Gasteiger partial charge in [0.2, 0.25) is 5.91 Å². The molecule has 2 aromatic carbocycles. The van der Waals surface area contributed by atoms with Gasteiger partial charge in [-0.2, -0.15) is 0 Å². The fourth-order valence-corrected chi connectivity index (χ4v) is 5.23. The summed E-state index contributed by atoms with van der Waals surface area (Å²) in [5.41, 5.74) is 9.75. The summed E-state index contributed by atoms with van der Waals surface area (Å²) in [6.45, 7) is 7.75. The number of nitrogens with zero attached hydrogens (tertiary/aromatic N) is 2. The van der Waals surface area contributed by atoms with Gasteiger partial charge in [0.15, 0.2) is 0 Å². The minimum Gasteiger partial charge on any atom is -0.448 e. The molecule has 210 valence electrons. The van der Waals surface area contributed by atoms with Gasteiger partial charge in [0, 0.05) is 44.6 Å². The maximum Gasteiger partial charge on any atom is 0.409 e. The van der Waals surface area contributed by atoms with Crippen LogP contribution in [0.25, 0.3) is 11.1 Å². The van der Waals surface area contributed by atoms with Crippen molar-refractivity contribution in [3.63, 3.8) is 0 Å². The first-order valence-corrected chi connectivity index (χ1v) is 13.7. The highest BCUT2D eigenvalue weighted by Crippen LogP contribution is 2.44. The number of fused-ring (bicyclic) bond motifs is 3. The summed E-state index contributed by atoms with van der Waals surface area (Å²) >= 11 is 0. The van der Waals surface area contributed by atoms with E-state index >= 15 is 0 Å². The molecule has 1 fully saturated rings. The van der Waals surface area contributed by atoms with E-state index in [-0.39, 0.29) is 37.0 Å². The first kappa shape index (κ1) is 28.4.